The van der Waals surface area contributed by atoms with Crippen LogP contribution in [0.5, 0.6) is 0 Å². The van der Waals surface area contributed by atoms with Crippen LogP contribution in [0.3, 0.4) is 0 Å². The lowest BCUT2D eigenvalue weighted by atomic mass is 10.00. The van der Waals surface area contributed by atoms with E-state index in [2.05, 4.69) is 9.97 Å². The van der Waals surface area contributed by atoms with Crippen molar-refractivity contribution in [3.05, 3.63) is 18.0 Å². The second-order valence-corrected chi connectivity index (χ2v) is 4.57. The molecule has 2 heterocycles. The highest BCUT2D eigenvalue weighted by molar-refractivity contribution is 5.83. The first kappa shape index (κ1) is 13.6. The second kappa shape index (κ2) is 4.36. The van der Waals surface area contributed by atoms with E-state index in [-0.39, 0.29) is 5.95 Å². The van der Waals surface area contributed by atoms with E-state index < -0.39 is 23.4 Å². The van der Waals surface area contributed by atoms with E-state index in [1.54, 1.807) is 0 Å². The summed E-state index contributed by atoms with van der Waals surface area (Å²) in [6, 6.07) is 0.762. The number of rotatable bonds is 2. The zero-order valence-corrected chi connectivity index (χ0v) is 10.1. The largest absolute Gasteiger partial charge is 0.480 e. The van der Waals surface area contributed by atoms with Crippen molar-refractivity contribution in [2.45, 2.75) is 31.5 Å². The summed E-state index contributed by atoms with van der Waals surface area (Å²) in [5.74, 6) is -1.29. The third-order valence-electron chi connectivity index (χ3n) is 3.28. The Labute approximate surface area is 107 Å². The topological polar surface area (TPSA) is 66.3 Å². The van der Waals surface area contributed by atoms with Gasteiger partial charge >= 0.3 is 12.1 Å². The van der Waals surface area contributed by atoms with Crippen LogP contribution in [0.4, 0.5) is 19.1 Å². The van der Waals surface area contributed by atoms with Gasteiger partial charge in [-0.3, -0.25) is 0 Å². The zero-order valence-electron chi connectivity index (χ0n) is 10.1. The number of halogens is 3. The first-order chi connectivity index (χ1) is 8.75. The lowest BCUT2D eigenvalue weighted by molar-refractivity contribution is -0.142. The predicted molar refractivity (Wildman–Crippen MR) is 59.7 cm³/mol. The summed E-state index contributed by atoms with van der Waals surface area (Å²) in [5.41, 5.74) is -2.33. The molecule has 0 spiro atoms. The molecule has 1 fully saturated rings. The minimum atomic E-state index is -4.57. The highest BCUT2D eigenvalue weighted by Crippen LogP contribution is 2.34. The molecule has 1 aromatic heterocycles. The number of anilines is 1. The number of aliphatic carboxylic acids is 1. The van der Waals surface area contributed by atoms with Crippen molar-refractivity contribution >= 4 is 11.9 Å². The van der Waals surface area contributed by atoms with Gasteiger partial charge in [0.2, 0.25) is 5.95 Å². The van der Waals surface area contributed by atoms with E-state index in [9.17, 15) is 23.1 Å². The summed E-state index contributed by atoms with van der Waals surface area (Å²) < 4.78 is 37.7. The van der Waals surface area contributed by atoms with Crippen LogP contribution < -0.4 is 4.90 Å². The Morgan fingerprint density at radius 2 is 2.21 bits per heavy atom. The molecular formula is C11H12F3N3O2. The average molecular weight is 275 g/mol. The van der Waals surface area contributed by atoms with Crippen LogP contribution in [0.25, 0.3) is 0 Å². The van der Waals surface area contributed by atoms with Crippen LogP contribution >= 0.6 is 0 Å². The van der Waals surface area contributed by atoms with Crippen LogP contribution in [-0.4, -0.2) is 33.1 Å². The standard InChI is InChI=1S/C11H12F3N3O2/c1-10(8(18)19)4-2-6-17(10)9-15-5-3-7(16-9)11(12,13)14/h3,5H,2,4,6H2,1H3,(H,18,19). The van der Waals surface area contributed by atoms with Gasteiger partial charge in [-0.15, -0.1) is 0 Å². The molecule has 0 bridgehead atoms. The minimum absolute atomic E-state index is 0.197. The summed E-state index contributed by atoms with van der Waals surface area (Å²) in [4.78, 5) is 19.8. The van der Waals surface area contributed by atoms with E-state index >= 15 is 0 Å². The molecule has 1 unspecified atom stereocenters. The number of hydrogen-bond acceptors (Lipinski definition) is 4. The maximum absolute atomic E-state index is 12.6. The summed E-state index contributed by atoms with van der Waals surface area (Å²) in [6.07, 6.45) is -2.66. The maximum Gasteiger partial charge on any atom is 0.433 e. The monoisotopic (exact) mass is 275 g/mol. The van der Waals surface area contributed by atoms with Gasteiger partial charge in [0.1, 0.15) is 11.2 Å². The summed E-state index contributed by atoms with van der Waals surface area (Å²) in [6.45, 7) is 1.79. The normalized spacial score (nSPS) is 23.7. The molecule has 104 valence electrons. The average Bonchev–Trinajstić information content (AvgIpc) is 2.72. The van der Waals surface area contributed by atoms with Gasteiger partial charge in [0.15, 0.2) is 0 Å². The van der Waals surface area contributed by atoms with Crippen LogP contribution in [0.15, 0.2) is 12.3 Å². The smallest absolute Gasteiger partial charge is 0.433 e. The second-order valence-electron chi connectivity index (χ2n) is 4.57. The van der Waals surface area contributed by atoms with Gasteiger partial charge in [-0.2, -0.15) is 13.2 Å². The molecule has 1 aliphatic rings. The summed E-state index contributed by atoms with van der Waals surface area (Å²) >= 11 is 0. The van der Waals surface area contributed by atoms with Crippen molar-refractivity contribution < 1.29 is 23.1 Å². The zero-order chi connectivity index (χ0) is 14.3. The van der Waals surface area contributed by atoms with Crippen molar-refractivity contribution in [1.29, 1.82) is 0 Å². The van der Waals surface area contributed by atoms with Crippen molar-refractivity contribution in [3.8, 4) is 0 Å². The summed E-state index contributed by atoms with van der Waals surface area (Å²) in [7, 11) is 0. The van der Waals surface area contributed by atoms with E-state index in [0.717, 1.165) is 12.3 Å². The predicted octanol–water partition coefficient (Wildman–Crippen LogP) is 1.94. The van der Waals surface area contributed by atoms with Gasteiger partial charge in [0, 0.05) is 12.7 Å². The van der Waals surface area contributed by atoms with Crippen LogP contribution in [0.1, 0.15) is 25.5 Å². The fourth-order valence-corrected chi connectivity index (χ4v) is 2.14. The van der Waals surface area contributed by atoms with E-state index in [0.29, 0.717) is 19.4 Å². The molecular weight excluding hydrogens is 263 g/mol. The third-order valence-corrected chi connectivity index (χ3v) is 3.28. The molecule has 1 aromatic rings. The van der Waals surface area contributed by atoms with Crippen molar-refractivity contribution in [2.75, 3.05) is 11.4 Å². The number of carboxylic acids is 1. The van der Waals surface area contributed by atoms with Gasteiger partial charge in [0.05, 0.1) is 0 Å². The molecule has 1 aliphatic heterocycles. The molecule has 2 rings (SSSR count). The van der Waals surface area contributed by atoms with Gasteiger partial charge in [0.25, 0.3) is 0 Å². The number of carbonyl (C=O) groups is 1. The number of nitrogens with zero attached hydrogens (tertiary/aromatic N) is 3. The molecule has 0 aliphatic carbocycles. The van der Waals surface area contributed by atoms with Crippen molar-refractivity contribution in [3.63, 3.8) is 0 Å². The molecule has 0 radical (unpaired) electrons. The molecule has 0 amide bonds. The fraction of sp³-hybridized carbons (Fsp3) is 0.545. The molecule has 5 nitrogen and oxygen atoms in total. The van der Waals surface area contributed by atoms with Gasteiger partial charge < -0.3 is 10.0 Å². The number of carboxylic acid groups (broad SMARTS) is 1. The van der Waals surface area contributed by atoms with Gasteiger partial charge in [-0.1, -0.05) is 0 Å². The Morgan fingerprint density at radius 1 is 1.53 bits per heavy atom. The maximum atomic E-state index is 12.6. The summed E-state index contributed by atoms with van der Waals surface area (Å²) in [5, 5.41) is 9.21. The Balaban J connectivity index is 2.40. The van der Waals surface area contributed by atoms with Crippen LogP contribution in [0.2, 0.25) is 0 Å². The molecule has 19 heavy (non-hydrogen) atoms. The Hall–Kier alpha value is -1.86. The molecule has 0 saturated carbocycles. The van der Waals surface area contributed by atoms with Crippen LogP contribution in [-0.2, 0) is 11.0 Å². The molecule has 1 saturated heterocycles. The first-order valence-electron chi connectivity index (χ1n) is 5.66. The Kier molecular flexibility index (Phi) is 3.11. The van der Waals surface area contributed by atoms with E-state index in [1.165, 1.54) is 11.8 Å². The number of alkyl halides is 3. The van der Waals surface area contributed by atoms with Gasteiger partial charge in [-0.05, 0) is 25.8 Å². The Morgan fingerprint density at radius 3 is 2.79 bits per heavy atom. The first-order valence-corrected chi connectivity index (χ1v) is 5.66. The Bertz CT molecular complexity index is 506. The van der Waals surface area contributed by atoms with E-state index in [4.69, 9.17) is 0 Å². The van der Waals surface area contributed by atoms with Crippen molar-refractivity contribution in [2.24, 2.45) is 0 Å². The van der Waals surface area contributed by atoms with Crippen LogP contribution in [0, 0.1) is 0 Å². The number of hydrogen-bond donors (Lipinski definition) is 1. The highest BCUT2D eigenvalue weighted by Gasteiger charge is 2.45. The third kappa shape index (κ3) is 2.34. The minimum Gasteiger partial charge on any atom is -0.480 e. The fourth-order valence-electron chi connectivity index (χ4n) is 2.14. The lowest BCUT2D eigenvalue weighted by Crippen LogP contribution is -2.49. The SMILES string of the molecule is CC1(C(=O)O)CCCN1c1nccc(C(F)(F)F)n1. The highest BCUT2D eigenvalue weighted by atomic mass is 19.4. The molecule has 1 atom stereocenters. The molecule has 0 aromatic carbocycles. The molecule has 1 N–H and O–H groups in total. The molecule has 8 heteroatoms. The number of aromatic nitrogens is 2. The lowest BCUT2D eigenvalue weighted by Gasteiger charge is -2.31. The quantitative estimate of drug-likeness (QED) is 0.893. The van der Waals surface area contributed by atoms with Gasteiger partial charge in [-0.25, -0.2) is 14.8 Å². The van der Waals surface area contributed by atoms with Crippen molar-refractivity contribution in [1.82, 2.24) is 9.97 Å². The van der Waals surface area contributed by atoms with E-state index in [1.807, 2.05) is 0 Å².